The van der Waals surface area contributed by atoms with E-state index in [2.05, 4.69) is 5.32 Å². The summed E-state index contributed by atoms with van der Waals surface area (Å²) in [4.78, 5) is 11.8. The minimum Gasteiger partial charge on any atom is -0.394 e. The second-order valence-corrected chi connectivity index (χ2v) is 8.04. The Kier molecular flexibility index (Phi) is 9.12. The number of hydrogen-bond acceptors (Lipinski definition) is 11. The van der Waals surface area contributed by atoms with Gasteiger partial charge in [-0.1, -0.05) is 30.3 Å². The first-order chi connectivity index (χ1) is 15.8. The molecule has 0 radical (unpaired) electrons. The number of amides is 1. The molecule has 0 saturated carbocycles. The van der Waals surface area contributed by atoms with Crippen molar-refractivity contribution in [3.63, 3.8) is 0 Å². The van der Waals surface area contributed by atoms with Crippen molar-refractivity contribution >= 4 is 5.91 Å². The molecule has 3 rings (SSSR count). The summed E-state index contributed by atoms with van der Waals surface area (Å²) in [6.07, 6.45) is -12.6. The topological polar surface area (TPSA) is 187 Å². The highest BCUT2D eigenvalue weighted by Crippen LogP contribution is 2.31. The van der Waals surface area contributed by atoms with Gasteiger partial charge >= 0.3 is 0 Å². The first-order valence-electron chi connectivity index (χ1n) is 10.6. The highest BCUT2D eigenvalue weighted by molar-refractivity contribution is 5.73. The molecule has 12 heteroatoms. The van der Waals surface area contributed by atoms with Gasteiger partial charge in [0.2, 0.25) is 5.91 Å². The van der Waals surface area contributed by atoms with Crippen LogP contribution in [0, 0.1) is 0 Å². The van der Waals surface area contributed by atoms with Crippen LogP contribution in [0.2, 0.25) is 0 Å². The van der Waals surface area contributed by atoms with Crippen molar-refractivity contribution in [2.75, 3.05) is 13.2 Å². The summed E-state index contributed by atoms with van der Waals surface area (Å²) in [7, 11) is 0. The standard InChI is InChI=1S/C21H31NO11/c1-10(25)22-14-15(27)19(33-21-17(29)16(28)18(32-21)12(26)7-23)13(8-24)31-20(14)30-9-11-5-3-2-4-6-11/h2-6,12-21,23-24,26-29H,7-9H2,1H3,(H,22,25). The van der Waals surface area contributed by atoms with Crippen molar-refractivity contribution in [1.82, 2.24) is 5.32 Å². The molecule has 1 amide bonds. The Labute approximate surface area is 190 Å². The van der Waals surface area contributed by atoms with E-state index in [1.807, 2.05) is 30.3 Å². The highest BCUT2D eigenvalue weighted by Gasteiger charge is 2.52. The smallest absolute Gasteiger partial charge is 0.217 e. The van der Waals surface area contributed by atoms with Gasteiger partial charge in [0.05, 0.1) is 19.8 Å². The van der Waals surface area contributed by atoms with E-state index < -0.39 is 80.5 Å². The second kappa shape index (κ2) is 11.6. The molecule has 2 aliphatic heterocycles. The molecule has 186 valence electrons. The Hall–Kier alpha value is -1.71. The molecule has 10 atom stereocenters. The van der Waals surface area contributed by atoms with Gasteiger partial charge in [-0.15, -0.1) is 0 Å². The van der Waals surface area contributed by atoms with Crippen LogP contribution in [0.4, 0.5) is 0 Å². The molecule has 2 heterocycles. The quantitative estimate of drug-likeness (QED) is 0.193. The molecule has 2 aliphatic rings. The third-order valence-electron chi connectivity index (χ3n) is 5.59. The number of hydrogen-bond donors (Lipinski definition) is 7. The Morgan fingerprint density at radius 3 is 2.36 bits per heavy atom. The normalized spacial score (nSPS) is 37.6. The van der Waals surface area contributed by atoms with Crippen molar-refractivity contribution in [1.29, 1.82) is 0 Å². The molecule has 1 aromatic rings. The SMILES string of the molecule is CC(=O)NC1C(OCc2ccccc2)OC(CO)C(OC2OC(C(O)CO)C(O)C2O)C1O. The van der Waals surface area contributed by atoms with Gasteiger partial charge < -0.3 is 54.9 Å². The summed E-state index contributed by atoms with van der Waals surface area (Å²) in [5, 5.41) is 62.6. The molecule has 1 aromatic carbocycles. The summed E-state index contributed by atoms with van der Waals surface area (Å²) in [5.74, 6) is -0.476. The minimum atomic E-state index is -1.62. The van der Waals surface area contributed by atoms with Crippen molar-refractivity contribution < 1.29 is 54.4 Å². The summed E-state index contributed by atoms with van der Waals surface area (Å²) in [6.45, 7) is 0.0276. The lowest BCUT2D eigenvalue weighted by Crippen LogP contribution is -2.65. The van der Waals surface area contributed by atoms with Gasteiger partial charge in [0.1, 0.15) is 48.8 Å². The minimum absolute atomic E-state index is 0.107. The van der Waals surface area contributed by atoms with E-state index in [9.17, 15) is 30.3 Å². The van der Waals surface area contributed by atoms with Crippen molar-refractivity contribution in [3.8, 4) is 0 Å². The first kappa shape index (κ1) is 25.9. The fourth-order valence-corrected chi connectivity index (χ4v) is 3.88. The van der Waals surface area contributed by atoms with Crippen molar-refractivity contribution in [3.05, 3.63) is 35.9 Å². The fraction of sp³-hybridized carbons (Fsp3) is 0.667. The lowest BCUT2D eigenvalue weighted by molar-refractivity contribution is -0.310. The number of benzene rings is 1. The van der Waals surface area contributed by atoms with E-state index >= 15 is 0 Å². The molecule has 7 N–H and O–H groups in total. The van der Waals surface area contributed by atoms with Crippen molar-refractivity contribution in [2.45, 2.75) is 74.9 Å². The summed E-state index contributed by atoms with van der Waals surface area (Å²) in [6, 6.07) is 8.04. The molecule has 10 unspecified atom stereocenters. The van der Waals surface area contributed by atoms with Crippen LogP contribution < -0.4 is 5.32 Å². The summed E-state index contributed by atoms with van der Waals surface area (Å²) in [5.41, 5.74) is 0.820. The fourth-order valence-electron chi connectivity index (χ4n) is 3.88. The zero-order valence-corrected chi connectivity index (χ0v) is 18.0. The first-order valence-corrected chi connectivity index (χ1v) is 10.6. The number of aliphatic hydroxyl groups is 6. The number of aliphatic hydroxyl groups excluding tert-OH is 6. The van der Waals surface area contributed by atoms with E-state index in [0.29, 0.717) is 0 Å². The Bertz CT molecular complexity index is 753. The number of carbonyl (C=O) groups is 1. The summed E-state index contributed by atoms with van der Waals surface area (Å²) < 4.78 is 22.5. The molecule has 0 bridgehead atoms. The molecule has 2 fully saturated rings. The highest BCUT2D eigenvalue weighted by atomic mass is 16.7. The molecule has 0 aromatic heterocycles. The van der Waals surface area contributed by atoms with Crippen LogP contribution in [-0.2, 0) is 30.3 Å². The largest absolute Gasteiger partial charge is 0.394 e. The third kappa shape index (κ3) is 6.05. The van der Waals surface area contributed by atoms with Crippen LogP contribution in [0.1, 0.15) is 12.5 Å². The average molecular weight is 473 g/mol. The Balaban J connectivity index is 1.74. The summed E-state index contributed by atoms with van der Waals surface area (Å²) >= 11 is 0. The second-order valence-electron chi connectivity index (χ2n) is 8.04. The third-order valence-corrected chi connectivity index (χ3v) is 5.59. The maximum atomic E-state index is 11.8. The van der Waals surface area contributed by atoms with Crippen LogP contribution in [0.5, 0.6) is 0 Å². The Morgan fingerprint density at radius 1 is 1.06 bits per heavy atom. The molecular weight excluding hydrogens is 442 g/mol. The van der Waals surface area contributed by atoms with Crippen LogP contribution >= 0.6 is 0 Å². The van der Waals surface area contributed by atoms with E-state index in [1.54, 1.807) is 0 Å². The van der Waals surface area contributed by atoms with Gasteiger partial charge in [0, 0.05) is 6.92 Å². The number of rotatable bonds is 9. The molecule has 12 nitrogen and oxygen atoms in total. The molecule has 33 heavy (non-hydrogen) atoms. The molecule has 0 spiro atoms. The van der Waals surface area contributed by atoms with E-state index in [0.717, 1.165) is 5.56 Å². The van der Waals surface area contributed by atoms with Gasteiger partial charge in [-0.3, -0.25) is 4.79 Å². The zero-order valence-electron chi connectivity index (χ0n) is 18.0. The maximum absolute atomic E-state index is 11.8. The van der Waals surface area contributed by atoms with Gasteiger partial charge in [-0.05, 0) is 5.56 Å². The zero-order chi connectivity index (χ0) is 24.1. The van der Waals surface area contributed by atoms with E-state index in [4.69, 9.17) is 24.1 Å². The molecule has 2 saturated heterocycles. The number of carbonyl (C=O) groups excluding carboxylic acids is 1. The maximum Gasteiger partial charge on any atom is 0.217 e. The lowest BCUT2D eigenvalue weighted by Gasteiger charge is -2.44. The monoisotopic (exact) mass is 473 g/mol. The molecular formula is C21H31NO11. The number of nitrogens with one attached hydrogen (secondary N) is 1. The predicted molar refractivity (Wildman–Crippen MR) is 109 cm³/mol. The van der Waals surface area contributed by atoms with Crippen molar-refractivity contribution in [2.24, 2.45) is 0 Å². The van der Waals surface area contributed by atoms with Gasteiger partial charge in [-0.2, -0.15) is 0 Å². The molecule has 0 aliphatic carbocycles. The van der Waals surface area contributed by atoms with Gasteiger partial charge in [0.15, 0.2) is 12.6 Å². The predicted octanol–water partition coefficient (Wildman–Crippen LogP) is -3.03. The van der Waals surface area contributed by atoms with E-state index in [-0.39, 0.29) is 6.61 Å². The Morgan fingerprint density at radius 2 is 1.76 bits per heavy atom. The number of ether oxygens (including phenoxy) is 4. The van der Waals surface area contributed by atoms with E-state index in [1.165, 1.54) is 6.92 Å². The van der Waals surface area contributed by atoms with Crippen LogP contribution in [0.15, 0.2) is 30.3 Å². The van der Waals surface area contributed by atoms with Crippen LogP contribution in [0.25, 0.3) is 0 Å². The van der Waals surface area contributed by atoms with Gasteiger partial charge in [-0.25, -0.2) is 0 Å². The van der Waals surface area contributed by atoms with Crippen LogP contribution in [0.3, 0.4) is 0 Å². The lowest BCUT2D eigenvalue weighted by atomic mass is 9.96. The average Bonchev–Trinajstić information content (AvgIpc) is 3.09. The van der Waals surface area contributed by atoms with Gasteiger partial charge in [0.25, 0.3) is 0 Å². The van der Waals surface area contributed by atoms with Crippen LogP contribution in [-0.4, -0.2) is 111 Å².